The number of carbonyl (C=O) groups is 2. The molecule has 1 fully saturated rings. The maximum atomic E-state index is 11.6. The molecule has 6 heteroatoms. The fourth-order valence-electron chi connectivity index (χ4n) is 1.47. The quantitative estimate of drug-likeness (QED) is 0.879. The van der Waals surface area contributed by atoms with Crippen LogP contribution < -0.4 is 10.4 Å². The molecule has 1 saturated heterocycles. The van der Waals surface area contributed by atoms with Gasteiger partial charge in [0.25, 0.3) is 5.91 Å². The molecule has 1 aliphatic rings. The number of carbonyl (C=O) groups excluding carboxylic acids is 2. The Morgan fingerprint density at radius 1 is 1.35 bits per heavy atom. The van der Waals surface area contributed by atoms with Crippen LogP contribution in [0.1, 0.15) is 13.3 Å². The maximum Gasteiger partial charge on any atom is 0.352 e. The van der Waals surface area contributed by atoms with Crippen LogP contribution in [0.25, 0.3) is 0 Å². The molecule has 1 aromatic carbocycles. The van der Waals surface area contributed by atoms with Crippen LogP contribution in [-0.2, 0) is 9.63 Å². The molecule has 0 radical (unpaired) electrons. The lowest BCUT2D eigenvalue weighted by Crippen LogP contribution is -2.55. The highest BCUT2D eigenvalue weighted by Crippen LogP contribution is 2.21. The highest BCUT2D eigenvalue weighted by Gasteiger charge is 2.33. The fourth-order valence-corrected chi connectivity index (χ4v) is 1.60. The van der Waals surface area contributed by atoms with E-state index in [1.54, 1.807) is 31.2 Å². The molecule has 1 aliphatic heterocycles. The van der Waals surface area contributed by atoms with Gasteiger partial charge in [-0.1, -0.05) is 18.5 Å². The van der Waals surface area contributed by atoms with Gasteiger partial charge in [0, 0.05) is 5.02 Å². The Balaban J connectivity index is 2.23. The van der Waals surface area contributed by atoms with Crippen molar-refractivity contribution >= 4 is 29.2 Å². The average molecular weight is 255 g/mol. The highest BCUT2D eigenvalue weighted by atomic mass is 35.5. The Hall–Kier alpha value is -1.59. The summed E-state index contributed by atoms with van der Waals surface area (Å²) in [6.45, 7) is 1.81. The van der Waals surface area contributed by atoms with E-state index in [1.807, 2.05) is 0 Å². The lowest BCUT2D eigenvalue weighted by Gasteiger charge is -2.30. The van der Waals surface area contributed by atoms with E-state index < -0.39 is 18.0 Å². The minimum atomic E-state index is -0.650. The SMILES string of the molecule is CCC1ON(c2ccc(Cl)cc2)C(=O)NC1=O. The van der Waals surface area contributed by atoms with E-state index in [9.17, 15) is 9.59 Å². The van der Waals surface area contributed by atoms with Gasteiger partial charge in [-0.15, -0.1) is 0 Å². The summed E-state index contributed by atoms with van der Waals surface area (Å²) in [5.74, 6) is -0.414. The Morgan fingerprint density at radius 3 is 2.59 bits per heavy atom. The van der Waals surface area contributed by atoms with Crippen molar-refractivity contribution in [3.63, 3.8) is 0 Å². The first-order chi connectivity index (χ1) is 8.11. The number of halogens is 1. The number of amides is 3. The summed E-state index contributed by atoms with van der Waals surface area (Å²) in [7, 11) is 0. The average Bonchev–Trinajstić information content (AvgIpc) is 2.31. The van der Waals surface area contributed by atoms with E-state index in [-0.39, 0.29) is 0 Å². The van der Waals surface area contributed by atoms with Crippen molar-refractivity contribution in [1.29, 1.82) is 0 Å². The van der Waals surface area contributed by atoms with Crippen LogP contribution in [0.2, 0.25) is 5.02 Å². The van der Waals surface area contributed by atoms with Crippen LogP contribution in [0.4, 0.5) is 10.5 Å². The molecule has 1 heterocycles. The summed E-state index contributed by atoms with van der Waals surface area (Å²) in [4.78, 5) is 28.3. The van der Waals surface area contributed by atoms with E-state index in [0.29, 0.717) is 17.1 Å². The Kier molecular flexibility index (Phi) is 3.31. The molecule has 0 bridgehead atoms. The highest BCUT2D eigenvalue weighted by molar-refractivity contribution is 6.30. The molecule has 0 spiro atoms. The van der Waals surface area contributed by atoms with Crippen LogP contribution in [-0.4, -0.2) is 18.0 Å². The second-order valence-electron chi connectivity index (χ2n) is 3.57. The van der Waals surface area contributed by atoms with Gasteiger partial charge in [0.05, 0.1) is 5.69 Å². The van der Waals surface area contributed by atoms with Crippen LogP contribution in [0.5, 0.6) is 0 Å². The van der Waals surface area contributed by atoms with E-state index in [0.717, 1.165) is 5.06 Å². The molecule has 0 aromatic heterocycles. The van der Waals surface area contributed by atoms with Gasteiger partial charge in [-0.2, -0.15) is 5.06 Å². The molecule has 2 rings (SSSR count). The second-order valence-corrected chi connectivity index (χ2v) is 4.00. The predicted molar refractivity (Wildman–Crippen MR) is 62.6 cm³/mol. The zero-order valence-electron chi connectivity index (χ0n) is 9.14. The number of hydrogen-bond acceptors (Lipinski definition) is 3. The largest absolute Gasteiger partial charge is 0.352 e. The Bertz CT molecular complexity index is 447. The van der Waals surface area contributed by atoms with Gasteiger partial charge in [-0.25, -0.2) is 4.79 Å². The normalized spacial score (nSPS) is 20.4. The molecule has 90 valence electrons. The topological polar surface area (TPSA) is 58.6 Å². The van der Waals surface area contributed by atoms with E-state index >= 15 is 0 Å². The molecule has 1 aromatic rings. The first-order valence-corrected chi connectivity index (χ1v) is 5.57. The van der Waals surface area contributed by atoms with Crippen LogP contribution in [0.3, 0.4) is 0 Å². The molecular formula is C11H11ClN2O3. The first-order valence-electron chi connectivity index (χ1n) is 5.19. The number of imide groups is 1. The summed E-state index contributed by atoms with van der Waals surface area (Å²) < 4.78 is 0. The molecule has 0 aliphatic carbocycles. The van der Waals surface area contributed by atoms with Crippen molar-refractivity contribution in [2.45, 2.75) is 19.4 Å². The molecule has 1 unspecified atom stereocenters. The van der Waals surface area contributed by atoms with Gasteiger partial charge < -0.3 is 0 Å². The fraction of sp³-hybridized carbons (Fsp3) is 0.273. The van der Waals surface area contributed by atoms with Crippen molar-refractivity contribution in [2.24, 2.45) is 0 Å². The second kappa shape index (κ2) is 4.73. The number of nitrogens with zero attached hydrogens (tertiary/aromatic N) is 1. The van der Waals surface area contributed by atoms with Crippen LogP contribution in [0, 0.1) is 0 Å². The summed E-state index contributed by atoms with van der Waals surface area (Å²) >= 11 is 5.75. The molecule has 3 amide bonds. The monoisotopic (exact) mass is 254 g/mol. The van der Waals surface area contributed by atoms with Crippen LogP contribution >= 0.6 is 11.6 Å². The third-order valence-corrected chi connectivity index (χ3v) is 2.62. The summed E-state index contributed by atoms with van der Waals surface area (Å²) in [6.07, 6.45) is -0.160. The zero-order chi connectivity index (χ0) is 12.4. The van der Waals surface area contributed by atoms with Crippen molar-refractivity contribution in [2.75, 3.05) is 5.06 Å². The predicted octanol–water partition coefficient (Wildman–Crippen LogP) is 2.11. The van der Waals surface area contributed by atoms with E-state index in [1.165, 1.54) is 0 Å². The lowest BCUT2D eigenvalue weighted by molar-refractivity contribution is -0.135. The van der Waals surface area contributed by atoms with E-state index in [4.69, 9.17) is 16.4 Å². The summed E-state index contributed by atoms with van der Waals surface area (Å²) in [6, 6.07) is 5.98. The maximum absolute atomic E-state index is 11.6. The minimum Gasteiger partial charge on any atom is -0.273 e. The van der Waals surface area contributed by atoms with Crippen molar-refractivity contribution < 1.29 is 14.4 Å². The minimum absolute atomic E-state index is 0.414. The van der Waals surface area contributed by atoms with Crippen LogP contribution in [0.15, 0.2) is 24.3 Å². The van der Waals surface area contributed by atoms with Crippen molar-refractivity contribution in [1.82, 2.24) is 5.32 Å². The van der Waals surface area contributed by atoms with E-state index in [2.05, 4.69) is 5.32 Å². The molecule has 0 saturated carbocycles. The first kappa shape index (κ1) is 11.9. The van der Waals surface area contributed by atoms with Gasteiger partial charge in [0.1, 0.15) is 0 Å². The molecular weight excluding hydrogens is 244 g/mol. The number of hydroxylamine groups is 1. The lowest BCUT2D eigenvalue weighted by atomic mass is 10.2. The third-order valence-electron chi connectivity index (χ3n) is 2.37. The third kappa shape index (κ3) is 2.40. The van der Waals surface area contributed by atoms with Gasteiger partial charge in [-0.3, -0.25) is 14.9 Å². The van der Waals surface area contributed by atoms with Crippen molar-refractivity contribution in [3.05, 3.63) is 29.3 Å². The standard InChI is InChI=1S/C11H11ClN2O3/c1-2-9-10(15)13-11(16)14(17-9)8-5-3-7(12)4-6-8/h3-6,9H,2H2,1H3,(H,13,15,16). The van der Waals surface area contributed by atoms with Gasteiger partial charge in [0.2, 0.25) is 0 Å². The van der Waals surface area contributed by atoms with Gasteiger partial charge >= 0.3 is 6.03 Å². The van der Waals surface area contributed by atoms with Gasteiger partial charge in [0.15, 0.2) is 6.10 Å². The smallest absolute Gasteiger partial charge is 0.273 e. The number of nitrogens with one attached hydrogen (secondary N) is 1. The number of rotatable bonds is 2. The Labute approximate surface area is 103 Å². The number of benzene rings is 1. The van der Waals surface area contributed by atoms with Gasteiger partial charge in [-0.05, 0) is 30.7 Å². The Morgan fingerprint density at radius 2 is 2.00 bits per heavy atom. The number of hydrogen-bond donors (Lipinski definition) is 1. The number of urea groups is 1. The zero-order valence-corrected chi connectivity index (χ0v) is 9.90. The molecule has 1 N–H and O–H groups in total. The molecule has 5 nitrogen and oxygen atoms in total. The summed E-state index contributed by atoms with van der Waals surface area (Å²) in [5.41, 5.74) is 0.526. The van der Waals surface area contributed by atoms with Crippen molar-refractivity contribution in [3.8, 4) is 0 Å². The summed E-state index contributed by atoms with van der Waals surface area (Å²) in [5, 5.41) is 3.86. The molecule has 17 heavy (non-hydrogen) atoms. The number of anilines is 1. The molecule has 1 atom stereocenters.